The second-order valence-corrected chi connectivity index (χ2v) is 2.93. The van der Waals surface area contributed by atoms with Gasteiger partial charge in [0.2, 0.25) is 0 Å². The second-order valence-electron chi connectivity index (χ2n) is 2.93. The quantitative estimate of drug-likeness (QED) is 0.640. The molecule has 0 spiro atoms. The van der Waals surface area contributed by atoms with Gasteiger partial charge < -0.3 is 5.84 Å². The normalized spacial score (nSPS) is 9.29. The largest absolute Gasteiger partial charge is 0.323 e. The molecular formula is C14H25N3. The van der Waals surface area contributed by atoms with Crippen LogP contribution >= 0.6 is 0 Å². The van der Waals surface area contributed by atoms with Crippen LogP contribution in [0.1, 0.15) is 39.8 Å². The highest BCUT2D eigenvalue weighted by atomic mass is 15.5. The maximum Gasteiger partial charge on any atom is 0.0915 e. The zero-order valence-electron chi connectivity index (χ0n) is 11.5. The molecule has 0 amide bonds. The summed E-state index contributed by atoms with van der Waals surface area (Å²) in [6, 6.07) is 1.82. The van der Waals surface area contributed by atoms with Gasteiger partial charge in [-0.25, -0.2) is 0 Å². The van der Waals surface area contributed by atoms with Gasteiger partial charge in [0.25, 0.3) is 0 Å². The molecule has 0 fully saturated rings. The van der Waals surface area contributed by atoms with Gasteiger partial charge in [0, 0.05) is 5.57 Å². The van der Waals surface area contributed by atoms with Crippen molar-refractivity contribution in [3.8, 4) is 0 Å². The summed E-state index contributed by atoms with van der Waals surface area (Å²) < 4.78 is 0. The van der Waals surface area contributed by atoms with Crippen LogP contribution in [0.3, 0.4) is 0 Å². The lowest BCUT2D eigenvalue weighted by atomic mass is 10.2. The third-order valence-electron chi connectivity index (χ3n) is 1.48. The number of allylic oxidation sites excluding steroid dienone is 4. The topological polar surface area (TPSA) is 43.8 Å². The summed E-state index contributed by atoms with van der Waals surface area (Å²) in [5, 5.41) is 3.84. The van der Waals surface area contributed by atoms with Gasteiger partial charge in [0.05, 0.1) is 11.9 Å². The summed E-state index contributed by atoms with van der Waals surface area (Å²) >= 11 is 0. The lowest BCUT2D eigenvalue weighted by Gasteiger charge is -2.00. The highest BCUT2D eigenvalue weighted by Gasteiger charge is 2.00. The van der Waals surface area contributed by atoms with Crippen molar-refractivity contribution in [3.63, 3.8) is 0 Å². The summed E-state index contributed by atoms with van der Waals surface area (Å²) in [7, 11) is 0. The smallest absolute Gasteiger partial charge is 0.0915 e. The molecule has 1 aromatic rings. The Morgan fingerprint density at radius 2 is 1.94 bits per heavy atom. The number of nitrogens with two attached hydrogens (primary N) is 1. The molecule has 0 aromatic carbocycles. The first-order chi connectivity index (χ1) is 8.21. The lowest BCUT2D eigenvalue weighted by Crippen LogP contribution is -2.12. The predicted molar refractivity (Wildman–Crippen MR) is 78.1 cm³/mol. The van der Waals surface area contributed by atoms with Gasteiger partial charge in [-0.1, -0.05) is 65.5 Å². The van der Waals surface area contributed by atoms with Crippen LogP contribution in [0, 0.1) is 0 Å². The van der Waals surface area contributed by atoms with Gasteiger partial charge in [-0.3, -0.25) is 0 Å². The molecule has 0 unspecified atom stereocenters. The molecule has 17 heavy (non-hydrogen) atoms. The van der Waals surface area contributed by atoms with Gasteiger partial charge in [0.1, 0.15) is 0 Å². The Morgan fingerprint density at radius 1 is 1.41 bits per heavy atom. The number of nitrogen functional groups attached to an aromatic ring is 1. The van der Waals surface area contributed by atoms with Crippen molar-refractivity contribution in [2.24, 2.45) is 0 Å². The van der Waals surface area contributed by atoms with E-state index in [1.165, 1.54) is 11.2 Å². The fourth-order valence-corrected chi connectivity index (χ4v) is 0.928. The number of aromatic nitrogens is 2. The monoisotopic (exact) mass is 235 g/mol. The highest BCUT2D eigenvalue weighted by molar-refractivity contribution is 5.72. The Morgan fingerprint density at radius 3 is 2.24 bits per heavy atom. The van der Waals surface area contributed by atoms with Crippen molar-refractivity contribution in [2.45, 2.75) is 34.1 Å². The van der Waals surface area contributed by atoms with Crippen molar-refractivity contribution < 1.29 is 0 Å². The fourth-order valence-electron chi connectivity index (χ4n) is 0.928. The van der Waals surface area contributed by atoms with E-state index in [-0.39, 0.29) is 0 Å². The van der Waals surface area contributed by atoms with Crippen LogP contribution in [-0.2, 0) is 0 Å². The Hall–Kier alpha value is -1.77. The van der Waals surface area contributed by atoms with Gasteiger partial charge in [0.15, 0.2) is 0 Å². The van der Waals surface area contributed by atoms with Crippen molar-refractivity contribution in [1.82, 2.24) is 9.89 Å². The standard InChI is InChI=1S/C9H11N3.C3H8.C2H6/c1-3-5-8(4-2)9-6-7-11-12(9)10;1-3-2;1-2/h3-7H,1-2,10H2;3H2,1-2H3;1-2H3/b8-5+;;. The summed E-state index contributed by atoms with van der Waals surface area (Å²) in [5.74, 6) is 5.53. The van der Waals surface area contributed by atoms with Crippen LogP contribution < -0.4 is 5.84 Å². The SMILES string of the molecule is C=C/C=C(\C=C)c1ccnn1N.CC.CCC. The highest BCUT2D eigenvalue weighted by Crippen LogP contribution is 2.12. The molecule has 0 bridgehead atoms. The number of hydrogen-bond donors (Lipinski definition) is 1. The first-order valence-corrected chi connectivity index (χ1v) is 5.95. The van der Waals surface area contributed by atoms with Gasteiger partial charge in [-0.15, -0.1) is 0 Å². The summed E-state index contributed by atoms with van der Waals surface area (Å²) in [5.41, 5.74) is 1.73. The maximum atomic E-state index is 5.53. The molecular weight excluding hydrogens is 210 g/mol. The van der Waals surface area contributed by atoms with E-state index in [4.69, 9.17) is 5.84 Å². The molecule has 0 aliphatic heterocycles. The molecule has 3 heteroatoms. The Kier molecular flexibility index (Phi) is 12.7. The molecule has 96 valence electrons. The van der Waals surface area contributed by atoms with Crippen LogP contribution in [0.5, 0.6) is 0 Å². The average Bonchev–Trinajstić information content (AvgIpc) is 2.76. The van der Waals surface area contributed by atoms with E-state index in [9.17, 15) is 0 Å². The third kappa shape index (κ3) is 7.17. The minimum atomic E-state index is 0.824. The van der Waals surface area contributed by atoms with Crippen LogP contribution in [0.25, 0.3) is 5.57 Å². The predicted octanol–water partition coefficient (Wildman–Crippen LogP) is 3.79. The van der Waals surface area contributed by atoms with Crippen LogP contribution in [0.15, 0.2) is 43.6 Å². The van der Waals surface area contributed by atoms with E-state index in [1.54, 1.807) is 18.3 Å². The van der Waals surface area contributed by atoms with Crippen LogP contribution in [0.4, 0.5) is 0 Å². The van der Waals surface area contributed by atoms with Crippen molar-refractivity contribution >= 4 is 5.57 Å². The van der Waals surface area contributed by atoms with Crippen LogP contribution in [-0.4, -0.2) is 9.89 Å². The summed E-state index contributed by atoms with van der Waals surface area (Å²) in [6.07, 6.45) is 8.11. The molecule has 1 rings (SSSR count). The molecule has 0 aliphatic carbocycles. The molecule has 0 aliphatic rings. The van der Waals surface area contributed by atoms with E-state index >= 15 is 0 Å². The first-order valence-electron chi connectivity index (χ1n) is 5.95. The Labute approximate surface area is 105 Å². The van der Waals surface area contributed by atoms with E-state index in [0.29, 0.717) is 0 Å². The summed E-state index contributed by atoms with van der Waals surface area (Å²) in [4.78, 5) is 1.30. The van der Waals surface area contributed by atoms with Crippen molar-refractivity contribution in [2.75, 3.05) is 5.84 Å². The number of nitrogens with zero attached hydrogens (tertiary/aromatic N) is 2. The Bertz CT molecular complexity index is 335. The molecule has 0 saturated carbocycles. The van der Waals surface area contributed by atoms with Crippen molar-refractivity contribution in [3.05, 3.63) is 49.3 Å². The van der Waals surface area contributed by atoms with Crippen LogP contribution in [0.2, 0.25) is 0 Å². The van der Waals surface area contributed by atoms with E-state index < -0.39 is 0 Å². The Balaban J connectivity index is 0. The minimum Gasteiger partial charge on any atom is -0.323 e. The number of hydrogen-bond acceptors (Lipinski definition) is 2. The molecule has 0 radical (unpaired) electrons. The zero-order valence-corrected chi connectivity index (χ0v) is 11.5. The van der Waals surface area contributed by atoms with E-state index in [2.05, 4.69) is 32.1 Å². The molecule has 1 aromatic heterocycles. The minimum absolute atomic E-state index is 0.824. The van der Waals surface area contributed by atoms with E-state index in [1.807, 2.05) is 26.0 Å². The number of rotatable bonds is 3. The summed E-state index contributed by atoms with van der Waals surface area (Å²) in [6.45, 7) is 15.5. The molecule has 0 saturated heterocycles. The average molecular weight is 235 g/mol. The maximum absolute atomic E-state index is 5.53. The van der Waals surface area contributed by atoms with Gasteiger partial charge in [-0.2, -0.15) is 9.89 Å². The van der Waals surface area contributed by atoms with Gasteiger partial charge >= 0.3 is 0 Å². The zero-order chi connectivity index (χ0) is 13.7. The lowest BCUT2D eigenvalue weighted by molar-refractivity contribution is 0.820. The molecule has 0 atom stereocenters. The third-order valence-corrected chi connectivity index (χ3v) is 1.48. The first kappa shape index (κ1) is 17.6. The van der Waals surface area contributed by atoms with Crippen molar-refractivity contribution in [1.29, 1.82) is 0 Å². The fraction of sp³-hybridized carbons (Fsp3) is 0.357. The van der Waals surface area contributed by atoms with E-state index in [0.717, 1.165) is 11.3 Å². The molecule has 3 nitrogen and oxygen atoms in total. The molecule has 2 N–H and O–H groups in total. The second kappa shape index (κ2) is 12.3. The van der Waals surface area contributed by atoms with Gasteiger partial charge in [-0.05, 0) is 6.07 Å². The molecule has 1 heterocycles.